The summed E-state index contributed by atoms with van der Waals surface area (Å²) in [6.07, 6.45) is 1.52. The van der Waals surface area contributed by atoms with Crippen molar-refractivity contribution in [2.75, 3.05) is 31.1 Å². The maximum atomic E-state index is 5.94. The van der Waals surface area contributed by atoms with Crippen LogP contribution in [0.15, 0.2) is 6.33 Å². The van der Waals surface area contributed by atoms with E-state index in [1.807, 2.05) is 6.92 Å². The maximum Gasteiger partial charge on any atom is 0.137 e. The zero-order chi connectivity index (χ0) is 9.97. The fourth-order valence-corrected chi connectivity index (χ4v) is 1.74. The smallest absolute Gasteiger partial charge is 0.137 e. The summed E-state index contributed by atoms with van der Waals surface area (Å²) in [7, 11) is 0. The number of piperazine rings is 1. The van der Waals surface area contributed by atoms with Gasteiger partial charge in [-0.2, -0.15) is 0 Å². The molecule has 0 unspecified atom stereocenters. The lowest BCUT2D eigenvalue weighted by Gasteiger charge is -2.29. The van der Waals surface area contributed by atoms with Gasteiger partial charge >= 0.3 is 0 Å². The van der Waals surface area contributed by atoms with Crippen LogP contribution in [-0.2, 0) is 0 Å². The number of nitrogens with zero attached hydrogens (tertiary/aromatic N) is 3. The fraction of sp³-hybridized carbons (Fsp3) is 0.556. The third-order valence-electron chi connectivity index (χ3n) is 2.41. The topological polar surface area (TPSA) is 41.1 Å². The van der Waals surface area contributed by atoms with Gasteiger partial charge in [0, 0.05) is 31.7 Å². The Morgan fingerprint density at radius 2 is 2.07 bits per heavy atom. The molecule has 2 rings (SSSR count). The number of anilines is 1. The van der Waals surface area contributed by atoms with Gasteiger partial charge in [0.1, 0.15) is 17.3 Å². The van der Waals surface area contributed by atoms with Gasteiger partial charge in [0.25, 0.3) is 0 Å². The van der Waals surface area contributed by atoms with E-state index in [1.165, 1.54) is 6.33 Å². The number of aromatic nitrogens is 2. The van der Waals surface area contributed by atoms with Gasteiger partial charge in [-0.1, -0.05) is 11.6 Å². The molecule has 0 bridgehead atoms. The predicted molar refractivity (Wildman–Crippen MR) is 56.9 cm³/mol. The Balaban J connectivity index is 2.26. The summed E-state index contributed by atoms with van der Waals surface area (Å²) in [5.74, 6) is 0.964. The minimum Gasteiger partial charge on any atom is -0.354 e. The van der Waals surface area contributed by atoms with Gasteiger partial charge in [0.05, 0.1) is 0 Å². The molecule has 1 aliphatic rings. The largest absolute Gasteiger partial charge is 0.354 e. The van der Waals surface area contributed by atoms with Crippen molar-refractivity contribution in [2.45, 2.75) is 6.92 Å². The Morgan fingerprint density at radius 3 is 2.79 bits per heavy atom. The van der Waals surface area contributed by atoms with Crippen molar-refractivity contribution in [3.63, 3.8) is 0 Å². The first-order valence-electron chi connectivity index (χ1n) is 4.72. The molecule has 0 aromatic carbocycles. The first-order valence-corrected chi connectivity index (χ1v) is 5.09. The van der Waals surface area contributed by atoms with Crippen molar-refractivity contribution in [3.05, 3.63) is 17.0 Å². The van der Waals surface area contributed by atoms with E-state index in [0.29, 0.717) is 5.15 Å². The molecule has 76 valence electrons. The maximum absolute atomic E-state index is 5.94. The van der Waals surface area contributed by atoms with E-state index in [4.69, 9.17) is 11.6 Å². The molecule has 2 heterocycles. The molecule has 14 heavy (non-hydrogen) atoms. The second-order valence-corrected chi connectivity index (χ2v) is 3.71. The van der Waals surface area contributed by atoms with E-state index in [9.17, 15) is 0 Å². The molecular weight excluding hydrogens is 200 g/mol. The zero-order valence-electron chi connectivity index (χ0n) is 8.13. The first kappa shape index (κ1) is 9.68. The van der Waals surface area contributed by atoms with Crippen molar-refractivity contribution in [1.82, 2.24) is 15.3 Å². The van der Waals surface area contributed by atoms with E-state index in [0.717, 1.165) is 37.6 Å². The van der Waals surface area contributed by atoms with E-state index >= 15 is 0 Å². The molecule has 1 fully saturated rings. The summed E-state index contributed by atoms with van der Waals surface area (Å²) in [6.45, 7) is 5.92. The summed E-state index contributed by atoms with van der Waals surface area (Å²) in [5.41, 5.74) is 0.969. The quantitative estimate of drug-likeness (QED) is 0.701. The van der Waals surface area contributed by atoms with Crippen LogP contribution in [0.5, 0.6) is 0 Å². The summed E-state index contributed by atoms with van der Waals surface area (Å²) in [5, 5.41) is 3.85. The van der Waals surface area contributed by atoms with Gasteiger partial charge < -0.3 is 10.2 Å². The molecular formula is C9H13ClN4. The summed E-state index contributed by atoms with van der Waals surface area (Å²) < 4.78 is 0. The fourth-order valence-electron chi connectivity index (χ4n) is 1.62. The molecule has 1 aromatic heterocycles. The summed E-state index contributed by atoms with van der Waals surface area (Å²) in [6, 6.07) is 0. The highest BCUT2D eigenvalue weighted by Gasteiger charge is 2.15. The Hall–Kier alpha value is -0.870. The van der Waals surface area contributed by atoms with E-state index in [-0.39, 0.29) is 0 Å². The van der Waals surface area contributed by atoms with Crippen molar-refractivity contribution in [3.8, 4) is 0 Å². The van der Waals surface area contributed by atoms with Crippen LogP contribution in [0.25, 0.3) is 0 Å². The number of nitrogens with one attached hydrogen (secondary N) is 1. The highest BCUT2D eigenvalue weighted by atomic mass is 35.5. The Kier molecular flexibility index (Phi) is 2.84. The molecule has 0 aliphatic carbocycles. The molecule has 1 saturated heterocycles. The van der Waals surface area contributed by atoms with Crippen LogP contribution in [0.4, 0.5) is 5.82 Å². The zero-order valence-corrected chi connectivity index (χ0v) is 8.88. The minimum atomic E-state index is 0.550. The van der Waals surface area contributed by atoms with Crippen molar-refractivity contribution in [1.29, 1.82) is 0 Å². The molecule has 5 heteroatoms. The first-order chi connectivity index (χ1) is 6.79. The van der Waals surface area contributed by atoms with Crippen LogP contribution in [-0.4, -0.2) is 36.1 Å². The lowest BCUT2D eigenvalue weighted by atomic mass is 10.3. The van der Waals surface area contributed by atoms with Gasteiger partial charge in [0.15, 0.2) is 0 Å². The molecule has 0 radical (unpaired) electrons. The van der Waals surface area contributed by atoms with Gasteiger partial charge in [-0.05, 0) is 6.92 Å². The average molecular weight is 213 g/mol. The second kappa shape index (κ2) is 4.11. The predicted octanol–water partition coefficient (Wildman–Crippen LogP) is 0.848. The number of halogens is 1. The monoisotopic (exact) mass is 212 g/mol. The van der Waals surface area contributed by atoms with E-state index in [1.54, 1.807) is 0 Å². The number of hydrogen-bond acceptors (Lipinski definition) is 4. The van der Waals surface area contributed by atoms with Gasteiger partial charge in [0.2, 0.25) is 0 Å². The summed E-state index contributed by atoms with van der Waals surface area (Å²) in [4.78, 5) is 10.4. The standard InChI is InChI=1S/C9H13ClN4/c1-7-8(10)12-6-13-9(7)14-4-2-11-3-5-14/h6,11H,2-5H2,1H3. The molecule has 0 spiro atoms. The van der Waals surface area contributed by atoms with Crippen LogP contribution in [0.2, 0.25) is 5.15 Å². The average Bonchev–Trinajstić information content (AvgIpc) is 2.23. The Labute approximate surface area is 88.3 Å². The molecule has 1 aromatic rings. The molecule has 4 nitrogen and oxygen atoms in total. The minimum absolute atomic E-state index is 0.550. The molecule has 0 atom stereocenters. The van der Waals surface area contributed by atoms with Crippen LogP contribution in [0.1, 0.15) is 5.56 Å². The lowest BCUT2D eigenvalue weighted by molar-refractivity contribution is 0.583. The Bertz CT molecular complexity index is 323. The lowest BCUT2D eigenvalue weighted by Crippen LogP contribution is -2.44. The second-order valence-electron chi connectivity index (χ2n) is 3.35. The number of rotatable bonds is 1. The third kappa shape index (κ3) is 1.81. The van der Waals surface area contributed by atoms with Crippen LogP contribution in [0, 0.1) is 6.92 Å². The Morgan fingerprint density at radius 1 is 1.36 bits per heavy atom. The van der Waals surface area contributed by atoms with Crippen LogP contribution in [0.3, 0.4) is 0 Å². The van der Waals surface area contributed by atoms with Gasteiger partial charge in [-0.25, -0.2) is 9.97 Å². The van der Waals surface area contributed by atoms with Crippen LogP contribution < -0.4 is 10.2 Å². The van der Waals surface area contributed by atoms with Crippen molar-refractivity contribution >= 4 is 17.4 Å². The molecule has 1 N–H and O–H groups in total. The number of hydrogen-bond donors (Lipinski definition) is 1. The van der Waals surface area contributed by atoms with E-state index in [2.05, 4.69) is 20.2 Å². The third-order valence-corrected chi connectivity index (χ3v) is 2.79. The van der Waals surface area contributed by atoms with Crippen molar-refractivity contribution < 1.29 is 0 Å². The SMILES string of the molecule is Cc1c(Cl)ncnc1N1CCNCC1. The van der Waals surface area contributed by atoms with Gasteiger partial charge in [-0.15, -0.1) is 0 Å². The summed E-state index contributed by atoms with van der Waals surface area (Å²) >= 11 is 5.94. The highest BCUT2D eigenvalue weighted by molar-refractivity contribution is 6.30. The molecule has 0 saturated carbocycles. The molecule has 0 amide bonds. The van der Waals surface area contributed by atoms with Crippen molar-refractivity contribution in [2.24, 2.45) is 0 Å². The van der Waals surface area contributed by atoms with Gasteiger partial charge in [-0.3, -0.25) is 0 Å². The van der Waals surface area contributed by atoms with Crippen LogP contribution >= 0.6 is 11.6 Å². The normalized spacial score (nSPS) is 17.1. The van der Waals surface area contributed by atoms with E-state index < -0.39 is 0 Å². The molecule has 1 aliphatic heterocycles. The highest BCUT2D eigenvalue weighted by Crippen LogP contribution is 2.21.